The summed E-state index contributed by atoms with van der Waals surface area (Å²) in [5.74, 6) is -1.81. The van der Waals surface area contributed by atoms with E-state index in [1.54, 1.807) is 0 Å². The van der Waals surface area contributed by atoms with Crippen LogP contribution in [0.25, 0.3) is 0 Å². The Hall–Kier alpha value is -1.55. The predicted molar refractivity (Wildman–Crippen MR) is 65.8 cm³/mol. The fraction of sp³-hybridized carbons (Fsp3) is 0.545. The summed E-state index contributed by atoms with van der Waals surface area (Å²) in [6, 6.07) is 2.79. The van der Waals surface area contributed by atoms with Crippen molar-refractivity contribution in [3.8, 4) is 0 Å². The van der Waals surface area contributed by atoms with Gasteiger partial charge >= 0.3 is 12.1 Å². The number of halogens is 3. The molecular formula is C11H14F3NO5S. The van der Waals surface area contributed by atoms with E-state index in [1.165, 1.54) is 18.4 Å². The van der Waals surface area contributed by atoms with Gasteiger partial charge in [0.2, 0.25) is 10.0 Å². The zero-order valence-electron chi connectivity index (χ0n) is 10.8. The third kappa shape index (κ3) is 6.63. The molecule has 10 heteroatoms. The number of alkyl halides is 3. The Labute approximate surface area is 119 Å². The van der Waals surface area contributed by atoms with Gasteiger partial charge in [0, 0.05) is 6.42 Å². The molecule has 0 unspecified atom stereocenters. The normalized spacial score (nSPS) is 12.8. The zero-order valence-corrected chi connectivity index (χ0v) is 11.7. The molecule has 1 rings (SSSR count). The van der Waals surface area contributed by atoms with Gasteiger partial charge in [-0.2, -0.15) is 17.5 Å². The lowest BCUT2D eigenvalue weighted by Gasteiger charge is -2.22. The Morgan fingerprint density at radius 3 is 2.52 bits per heavy atom. The van der Waals surface area contributed by atoms with Crippen molar-refractivity contribution >= 4 is 16.0 Å². The molecule has 1 aromatic rings. The fourth-order valence-electron chi connectivity index (χ4n) is 1.56. The zero-order chi connectivity index (χ0) is 16.1. The quantitative estimate of drug-likeness (QED) is 0.786. The van der Waals surface area contributed by atoms with Crippen LogP contribution in [-0.2, 0) is 21.4 Å². The molecule has 0 saturated carbocycles. The average molecular weight is 329 g/mol. The van der Waals surface area contributed by atoms with Gasteiger partial charge in [-0.25, -0.2) is 8.42 Å². The minimum Gasteiger partial charge on any atom is -0.481 e. The molecule has 0 radical (unpaired) electrons. The summed E-state index contributed by atoms with van der Waals surface area (Å²) in [4.78, 5) is 10.3. The molecule has 1 heterocycles. The van der Waals surface area contributed by atoms with Gasteiger partial charge in [0.1, 0.15) is 12.3 Å². The van der Waals surface area contributed by atoms with Crippen LogP contribution in [0.15, 0.2) is 22.8 Å². The van der Waals surface area contributed by atoms with Crippen molar-refractivity contribution in [1.29, 1.82) is 0 Å². The molecule has 0 aromatic carbocycles. The standard InChI is InChI=1S/C11H14F3NO5S/c12-11(13,14)8-15(7-9-3-1-5-20-9)21(18,19)6-2-4-10(16)17/h1,3,5H,2,4,6-8H2,(H,16,17). The lowest BCUT2D eigenvalue weighted by atomic mass is 10.3. The number of carbonyl (C=O) groups is 1. The van der Waals surface area contributed by atoms with Crippen molar-refractivity contribution in [2.45, 2.75) is 25.6 Å². The van der Waals surface area contributed by atoms with Crippen LogP contribution < -0.4 is 0 Å². The molecule has 120 valence electrons. The Kier molecular flexibility index (Phi) is 5.78. The second kappa shape index (κ2) is 6.94. The molecule has 1 aromatic heterocycles. The first kappa shape index (κ1) is 17.5. The number of hydrogen-bond donors (Lipinski definition) is 1. The van der Waals surface area contributed by atoms with Crippen LogP contribution in [-0.4, -0.2) is 42.3 Å². The molecule has 0 saturated heterocycles. The van der Waals surface area contributed by atoms with Crippen molar-refractivity contribution < 1.29 is 35.9 Å². The maximum absolute atomic E-state index is 12.5. The average Bonchev–Trinajstić information content (AvgIpc) is 2.78. The van der Waals surface area contributed by atoms with Gasteiger partial charge in [-0.05, 0) is 18.6 Å². The number of sulfonamides is 1. The van der Waals surface area contributed by atoms with Crippen LogP contribution in [0, 0.1) is 0 Å². The van der Waals surface area contributed by atoms with Crippen molar-refractivity contribution in [2.24, 2.45) is 0 Å². The third-order valence-corrected chi connectivity index (χ3v) is 4.30. The second-order valence-electron chi connectivity index (χ2n) is 4.28. The highest BCUT2D eigenvalue weighted by Gasteiger charge is 2.36. The Morgan fingerprint density at radius 1 is 1.38 bits per heavy atom. The molecule has 1 N–H and O–H groups in total. The van der Waals surface area contributed by atoms with E-state index in [0.717, 1.165) is 0 Å². The summed E-state index contributed by atoms with van der Waals surface area (Å²) >= 11 is 0. The van der Waals surface area contributed by atoms with Crippen LogP contribution in [0.1, 0.15) is 18.6 Å². The first-order chi connectivity index (χ1) is 9.60. The molecule has 0 amide bonds. The summed E-state index contributed by atoms with van der Waals surface area (Å²) < 4.78 is 66.4. The summed E-state index contributed by atoms with van der Waals surface area (Å²) in [5, 5.41) is 8.44. The number of carboxylic acids is 1. The SMILES string of the molecule is O=C(O)CCCS(=O)(=O)N(Cc1ccco1)CC(F)(F)F. The van der Waals surface area contributed by atoms with Gasteiger partial charge in [0.25, 0.3) is 0 Å². The van der Waals surface area contributed by atoms with E-state index >= 15 is 0 Å². The first-order valence-corrected chi connectivity index (χ1v) is 7.50. The number of aliphatic carboxylic acids is 1. The molecule has 0 spiro atoms. The maximum Gasteiger partial charge on any atom is 0.402 e. The molecule has 0 atom stereocenters. The van der Waals surface area contributed by atoms with Gasteiger partial charge < -0.3 is 9.52 Å². The second-order valence-corrected chi connectivity index (χ2v) is 6.36. The number of carboxylic acid groups (broad SMARTS) is 1. The van der Waals surface area contributed by atoms with E-state index in [1.807, 2.05) is 0 Å². The molecule has 6 nitrogen and oxygen atoms in total. The largest absolute Gasteiger partial charge is 0.481 e. The first-order valence-electron chi connectivity index (χ1n) is 5.89. The van der Waals surface area contributed by atoms with Gasteiger partial charge in [0.15, 0.2) is 0 Å². The summed E-state index contributed by atoms with van der Waals surface area (Å²) in [6.07, 6.45) is -4.17. The minimum absolute atomic E-state index is 0.0704. The van der Waals surface area contributed by atoms with E-state index < -0.39 is 47.4 Å². The number of furan rings is 1. The van der Waals surface area contributed by atoms with Crippen LogP contribution in [0.4, 0.5) is 13.2 Å². The van der Waals surface area contributed by atoms with E-state index in [-0.39, 0.29) is 16.5 Å². The van der Waals surface area contributed by atoms with Crippen molar-refractivity contribution in [3.05, 3.63) is 24.2 Å². The third-order valence-electron chi connectivity index (χ3n) is 2.45. The number of rotatable bonds is 8. The molecule has 0 bridgehead atoms. The van der Waals surface area contributed by atoms with Gasteiger partial charge in [-0.15, -0.1) is 0 Å². The van der Waals surface area contributed by atoms with E-state index in [4.69, 9.17) is 9.52 Å². The Bertz CT molecular complexity index is 553. The highest BCUT2D eigenvalue weighted by atomic mass is 32.2. The topological polar surface area (TPSA) is 87.8 Å². The summed E-state index contributed by atoms with van der Waals surface area (Å²) in [7, 11) is -4.24. The minimum atomic E-state index is -4.70. The summed E-state index contributed by atoms with van der Waals surface area (Å²) in [5.41, 5.74) is 0. The van der Waals surface area contributed by atoms with Crippen molar-refractivity contribution in [1.82, 2.24) is 4.31 Å². The Balaban J connectivity index is 2.80. The molecule has 0 fully saturated rings. The smallest absolute Gasteiger partial charge is 0.402 e. The van der Waals surface area contributed by atoms with Crippen LogP contribution in [0.3, 0.4) is 0 Å². The van der Waals surface area contributed by atoms with Crippen molar-refractivity contribution in [2.75, 3.05) is 12.3 Å². The highest BCUT2D eigenvalue weighted by Crippen LogP contribution is 2.21. The summed E-state index contributed by atoms with van der Waals surface area (Å²) in [6.45, 7) is -2.20. The molecule has 0 aliphatic rings. The van der Waals surface area contributed by atoms with Crippen molar-refractivity contribution in [3.63, 3.8) is 0 Å². The Morgan fingerprint density at radius 2 is 2.05 bits per heavy atom. The maximum atomic E-state index is 12.5. The highest BCUT2D eigenvalue weighted by molar-refractivity contribution is 7.89. The van der Waals surface area contributed by atoms with Gasteiger partial charge in [-0.1, -0.05) is 0 Å². The molecular weight excluding hydrogens is 315 g/mol. The number of nitrogens with zero attached hydrogens (tertiary/aromatic N) is 1. The lowest BCUT2D eigenvalue weighted by molar-refractivity contribution is -0.138. The lowest BCUT2D eigenvalue weighted by Crippen LogP contribution is -2.39. The monoisotopic (exact) mass is 329 g/mol. The number of hydrogen-bond acceptors (Lipinski definition) is 4. The van der Waals surface area contributed by atoms with Gasteiger partial charge in [-0.3, -0.25) is 4.79 Å². The van der Waals surface area contributed by atoms with Gasteiger partial charge in [0.05, 0.1) is 18.6 Å². The predicted octanol–water partition coefficient (Wildman–Crippen LogP) is 1.84. The van der Waals surface area contributed by atoms with Crippen LogP contribution in [0.5, 0.6) is 0 Å². The van der Waals surface area contributed by atoms with Crippen LogP contribution in [0.2, 0.25) is 0 Å². The van der Waals surface area contributed by atoms with E-state index in [9.17, 15) is 26.4 Å². The molecule has 0 aliphatic carbocycles. The van der Waals surface area contributed by atoms with E-state index in [2.05, 4.69) is 0 Å². The van der Waals surface area contributed by atoms with E-state index in [0.29, 0.717) is 0 Å². The molecule has 0 aliphatic heterocycles. The molecule has 21 heavy (non-hydrogen) atoms. The fourth-order valence-corrected chi connectivity index (χ4v) is 3.00. The van der Waals surface area contributed by atoms with Crippen LogP contribution >= 0.6 is 0 Å².